The molecule has 5 nitrogen and oxygen atoms in total. The fraction of sp³-hybridized carbons (Fsp3) is 0.241. The number of aldehydes is 1. The van der Waals surface area contributed by atoms with Crippen LogP contribution in [0.2, 0.25) is 0 Å². The van der Waals surface area contributed by atoms with Gasteiger partial charge in [-0.2, -0.15) is 0 Å². The molecule has 5 heteroatoms. The first-order valence-electron chi connectivity index (χ1n) is 11.5. The Morgan fingerprint density at radius 1 is 0.941 bits per heavy atom. The number of rotatable bonds is 10. The summed E-state index contributed by atoms with van der Waals surface area (Å²) in [6.07, 6.45) is 6.36. The van der Waals surface area contributed by atoms with Crippen LogP contribution in [0, 0.1) is 0 Å². The maximum absolute atomic E-state index is 11.1. The number of carbonyl (C=O) groups is 1. The molecule has 3 aromatic carbocycles. The average molecular weight is 458 g/mol. The molecule has 0 bridgehead atoms. The summed E-state index contributed by atoms with van der Waals surface area (Å²) in [6.45, 7) is 2.66. The first kappa shape index (κ1) is 24.9. The molecule has 4 rings (SSSR count). The second-order valence-electron chi connectivity index (χ2n) is 7.72. The van der Waals surface area contributed by atoms with Gasteiger partial charge in [0.15, 0.2) is 0 Å². The molecular formula is C29H31NO4. The lowest BCUT2D eigenvalue weighted by Crippen LogP contribution is -2.03. The van der Waals surface area contributed by atoms with Crippen LogP contribution in [-0.2, 0) is 17.6 Å². The molecule has 0 radical (unpaired) electrons. The quantitative estimate of drug-likeness (QED) is 0.302. The van der Waals surface area contributed by atoms with Crippen LogP contribution in [0.15, 0.2) is 89.7 Å². The van der Waals surface area contributed by atoms with Gasteiger partial charge >= 0.3 is 0 Å². The standard InChI is InChI=1S/C28H27NO3.CH4O/c1-2-31-26-5-3-4-25(20-26)23-12-8-21(9-13-23)6-7-22-10-14-24(15-11-22)27(16-18-30)28-29-17-19-32-28;1-2/h3-5,8-15,17-20,27H,2,6-7,16H2,1H3;2H,1H3. The smallest absolute Gasteiger partial charge is 0.201 e. The van der Waals surface area contributed by atoms with Crippen molar-refractivity contribution in [2.24, 2.45) is 0 Å². The maximum atomic E-state index is 11.1. The molecule has 176 valence electrons. The Morgan fingerprint density at radius 3 is 2.21 bits per heavy atom. The zero-order valence-corrected chi connectivity index (χ0v) is 19.7. The summed E-state index contributed by atoms with van der Waals surface area (Å²) in [5, 5.41) is 7.00. The number of benzene rings is 3. The summed E-state index contributed by atoms with van der Waals surface area (Å²) in [7, 11) is 1.00. The van der Waals surface area contributed by atoms with E-state index in [4.69, 9.17) is 14.3 Å². The fourth-order valence-corrected chi connectivity index (χ4v) is 3.88. The molecular weight excluding hydrogens is 426 g/mol. The second kappa shape index (κ2) is 13.1. The number of oxazole rings is 1. The predicted molar refractivity (Wildman–Crippen MR) is 134 cm³/mol. The summed E-state index contributed by atoms with van der Waals surface area (Å²) in [5.41, 5.74) is 5.96. The Bertz CT molecular complexity index is 1120. The molecule has 0 saturated heterocycles. The largest absolute Gasteiger partial charge is 0.494 e. The van der Waals surface area contributed by atoms with E-state index in [9.17, 15) is 4.79 Å². The lowest BCUT2D eigenvalue weighted by molar-refractivity contribution is -0.108. The van der Waals surface area contributed by atoms with Gasteiger partial charge in [0.2, 0.25) is 5.89 Å². The molecule has 1 aromatic heterocycles. The molecule has 0 aliphatic carbocycles. The van der Waals surface area contributed by atoms with Crippen LogP contribution in [0.25, 0.3) is 11.1 Å². The van der Waals surface area contributed by atoms with E-state index in [0.717, 1.165) is 43.1 Å². The van der Waals surface area contributed by atoms with E-state index < -0.39 is 0 Å². The third-order valence-corrected chi connectivity index (χ3v) is 5.60. The van der Waals surface area contributed by atoms with Gasteiger partial charge in [-0.1, -0.05) is 60.7 Å². The third kappa shape index (κ3) is 6.65. The Labute approximate surface area is 201 Å². The van der Waals surface area contributed by atoms with E-state index in [0.29, 0.717) is 18.9 Å². The van der Waals surface area contributed by atoms with Crippen LogP contribution >= 0.6 is 0 Å². The highest BCUT2D eigenvalue weighted by Crippen LogP contribution is 2.27. The highest BCUT2D eigenvalue weighted by atomic mass is 16.5. The van der Waals surface area contributed by atoms with E-state index in [1.807, 2.05) is 19.1 Å². The molecule has 1 unspecified atom stereocenters. The first-order valence-corrected chi connectivity index (χ1v) is 11.5. The topological polar surface area (TPSA) is 72.6 Å². The molecule has 0 saturated carbocycles. The molecule has 1 atom stereocenters. The minimum atomic E-state index is -0.134. The van der Waals surface area contributed by atoms with Gasteiger partial charge < -0.3 is 19.1 Å². The predicted octanol–water partition coefficient (Wildman–Crippen LogP) is 5.85. The maximum Gasteiger partial charge on any atom is 0.201 e. The number of carbonyl (C=O) groups excluding carboxylic acids is 1. The van der Waals surface area contributed by atoms with Crippen molar-refractivity contribution in [2.75, 3.05) is 13.7 Å². The number of hydrogen-bond donors (Lipinski definition) is 1. The Kier molecular flexibility index (Phi) is 9.62. The van der Waals surface area contributed by atoms with Crippen molar-refractivity contribution in [3.05, 3.63) is 108 Å². The summed E-state index contributed by atoms with van der Waals surface area (Å²) in [5.74, 6) is 1.35. The molecule has 4 aromatic rings. The van der Waals surface area contributed by atoms with E-state index in [-0.39, 0.29) is 5.92 Å². The highest BCUT2D eigenvalue weighted by molar-refractivity contribution is 5.65. The first-order chi connectivity index (χ1) is 16.8. The fourth-order valence-electron chi connectivity index (χ4n) is 3.88. The van der Waals surface area contributed by atoms with Gasteiger partial charge in [0.05, 0.1) is 18.7 Å². The minimum absolute atomic E-state index is 0.134. The van der Waals surface area contributed by atoms with E-state index >= 15 is 0 Å². The third-order valence-electron chi connectivity index (χ3n) is 5.60. The van der Waals surface area contributed by atoms with Gasteiger partial charge in [0.1, 0.15) is 18.3 Å². The van der Waals surface area contributed by atoms with Crippen LogP contribution in [0.1, 0.15) is 41.8 Å². The van der Waals surface area contributed by atoms with E-state index in [1.165, 1.54) is 16.7 Å². The lowest BCUT2D eigenvalue weighted by Gasteiger charge is -2.12. The van der Waals surface area contributed by atoms with Crippen molar-refractivity contribution in [1.82, 2.24) is 4.98 Å². The highest BCUT2D eigenvalue weighted by Gasteiger charge is 2.18. The van der Waals surface area contributed by atoms with Crippen LogP contribution < -0.4 is 4.74 Å². The number of ether oxygens (including phenoxy) is 1. The SMILES string of the molecule is CCOc1cccc(-c2ccc(CCc3ccc(C(CC=O)c4ncco4)cc3)cc2)c1.CO. The summed E-state index contributed by atoms with van der Waals surface area (Å²) in [4.78, 5) is 15.3. The molecule has 1 N–H and O–H groups in total. The van der Waals surface area contributed by atoms with Crippen molar-refractivity contribution >= 4 is 6.29 Å². The molecule has 1 heterocycles. The average Bonchev–Trinajstić information content (AvgIpc) is 3.43. The summed E-state index contributed by atoms with van der Waals surface area (Å²) < 4.78 is 11.0. The van der Waals surface area contributed by atoms with Crippen molar-refractivity contribution in [1.29, 1.82) is 0 Å². The van der Waals surface area contributed by atoms with Crippen LogP contribution in [0.3, 0.4) is 0 Å². The van der Waals surface area contributed by atoms with Crippen LogP contribution in [0.5, 0.6) is 5.75 Å². The van der Waals surface area contributed by atoms with Gasteiger partial charge in [-0.25, -0.2) is 4.98 Å². The monoisotopic (exact) mass is 457 g/mol. The number of aryl methyl sites for hydroxylation is 2. The number of aliphatic hydroxyl groups excluding tert-OH is 1. The minimum Gasteiger partial charge on any atom is -0.494 e. The van der Waals surface area contributed by atoms with Gasteiger partial charge in [0, 0.05) is 13.5 Å². The molecule has 0 aliphatic heterocycles. The zero-order valence-electron chi connectivity index (χ0n) is 19.7. The summed E-state index contributed by atoms with van der Waals surface area (Å²) >= 11 is 0. The van der Waals surface area contributed by atoms with Gasteiger partial charge in [-0.15, -0.1) is 0 Å². The molecule has 0 spiro atoms. The lowest BCUT2D eigenvalue weighted by atomic mass is 9.94. The Balaban J connectivity index is 0.00000158. The molecule has 34 heavy (non-hydrogen) atoms. The van der Waals surface area contributed by atoms with Crippen molar-refractivity contribution < 1.29 is 19.1 Å². The zero-order chi connectivity index (χ0) is 24.2. The van der Waals surface area contributed by atoms with Crippen molar-refractivity contribution in [3.8, 4) is 16.9 Å². The van der Waals surface area contributed by atoms with E-state index in [1.54, 1.807) is 12.5 Å². The van der Waals surface area contributed by atoms with Crippen molar-refractivity contribution in [3.63, 3.8) is 0 Å². The number of nitrogens with zero attached hydrogens (tertiary/aromatic N) is 1. The Hall–Kier alpha value is -3.70. The van der Waals surface area contributed by atoms with Crippen LogP contribution in [0.4, 0.5) is 0 Å². The van der Waals surface area contributed by atoms with Gasteiger partial charge in [-0.05, 0) is 59.7 Å². The number of hydrogen-bond acceptors (Lipinski definition) is 5. The molecule has 0 fully saturated rings. The number of aliphatic hydroxyl groups is 1. The van der Waals surface area contributed by atoms with Gasteiger partial charge in [-0.3, -0.25) is 0 Å². The molecule has 0 aliphatic rings. The summed E-state index contributed by atoms with van der Waals surface area (Å²) in [6, 6.07) is 25.3. The van der Waals surface area contributed by atoms with Crippen LogP contribution in [-0.4, -0.2) is 30.1 Å². The van der Waals surface area contributed by atoms with Crippen molar-refractivity contribution in [2.45, 2.75) is 32.1 Å². The number of aromatic nitrogens is 1. The van der Waals surface area contributed by atoms with E-state index in [2.05, 4.69) is 65.6 Å². The Morgan fingerprint density at radius 2 is 1.62 bits per heavy atom. The molecule has 0 amide bonds. The van der Waals surface area contributed by atoms with Gasteiger partial charge in [0.25, 0.3) is 0 Å². The normalized spacial score (nSPS) is 11.3. The second-order valence-corrected chi connectivity index (χ2v) is 7.72.